The van der Waals surface area contributed by atoms with E-state index in [0.29, 0.717) is 0 Å². The maximum atomic E-state index is 6.03. The summed E-state index contributed by atoms with van der Waals surface area (Å²) >= 11 is 0. The van der Waals surface area contributed by atoms with Crippen molar-refractivity contribution in [3.8, 4) is 17.1 Å². The fraction of sp³-hybridized carbons (Fsp3) is 0.158. The zero-order valence-electron chi connectivity index (χ0n) is 12.1. The van der Waals surface area contributed by atoms with Gasteiger partial charge in [-0.05, 0) is 38.1 Å². The average molecular weight is 276 g/mol. The zero-order chi connectivity index (χ0) is 14.4. The van der Waals surface area contributed by atoms with Crippen molar-refractivity contribution in [1.29, 1.82) is 0 Å². The molecule has 0 fully saturated rings. The third kappa shape index (κ3) is 2.04. The van der Waals surface area contributed by atoms with Gasteiger partial charge in [-0.2, -0.15) is 0 Å². The summed E-state index contributed by atoms with van der Waals surface area (Å²) in [4.78, 5) is 0. The van der Waals surface area contributed by atoms with Crippen LogP contribution in [-0.4, -0.2) is 5.60 Å². The summed E-state index contributed by atoms with van der Waals surface area (Å²) in [6, 6.07) is 16.2. The van der Waals surface area contributed by atoms with Gasteiger partial charge in [-0.1, -0.05) is 36.4 Å². The quantitative estimate of drug-likeness (QED) is 0.603. The molecular formula is C19H16O2. The van der Waals surface area contributed by atoms with E-state index >= 15 is 0 Å². The number of furan rings is 1. The predicted octanol–water partition coefficient (Wildman–Crippen LogP) is 5.28. The summed E-state index contributed by atoms with van der Waals surface area (Å²) in [5, 5.41) is 1.12. The van der Waals surface area contributed by atoms with Crippen LogP contribution in [0.4, 0.5) is 0 Å². The lowest BCUT2D eigenvalue weighted by atomic mass is 9.97. The molecule has 0 atom stereocenters. The summed E-state index contributed by atoms with van der Waals surface area (Å²) in [5.74, 6) is 1.78. The molecule has 2 heteroatoms. The zero-order valence-corrected chi connectivity index (χ0v) is 12.1. The van der Waals surface area contributed by atoms with Gasteiger partial charge in [0.2, 0.25) is 0 Å². The highest BCUT2D eigenvalue weighted by atomic mass is 16.5. The lowest BCUT2D eigenvalue weighted by molar-refractivity contribution is 0.159. The monoisotopic (exact) mass is 276 g/mol. The van der Waals surface area contributed by atoms with Gasteiger partial charge in [-0.3, -0.25) is 0 Å². The largest absolute Gasteiger partial charge is 0.483 e. The second kappa shape index (κ2) is 4.26. The molecule has 4 rings (SSSR count). The summed E-state index contributed by atoms with van der Waals surface area (Å²) in [5.41, 5.74) is 2.79. The van der Waals surface area contributed by atoms with E-state index in [0.717, 1.165) is 33.6 Å². The summed E-state index contributed by atoms with van der Waals surface area (Å²) in [6.45, 7) is 4.11. The summed E-state index contributed by atoms with van der Waals surface area (Å²) in [6.07, 6.45) is 4.21. The Labute approximate surface area is 123 Å². The van der Waals surface area contributed by atoms with Crippen LogP contribution in [0.3, 0.4) is 0 Å². The lowest BCUT2D eigenvalue weighted by Gasteiger charge is -2.28. The van der Waals surface area contributed by atoms with Gasteiger partial charge >= 0.3 is 0 Å². The van der Waals surface area contributed by atoms with Gasteiger partial charge in [0.05, 0.1) is 0 Å². The van der Waals surface area contributed by atoms with E-state index in [1.165, 1.54) is 0 Å². The van der Waals surface area contributed by atoms with Crippen molar-refractivity contribution in [3.05, 3.63) is 60.2 Å². The average Bonchev–Trinajstić information content (AvgIpc) is 2.89. The van der Waals surface area contributed by atoms with Crippen LogP contribution in [0, 0.1) is 0 Å². The fourth-order valence-corrected chi connectivity index (χ4v) is 2.74. The van der Waals surface area contributed by atoms with Crippen molar-refractivity contribution >= 4 is 17.0 Å². The third-order valence-electron chi connectivity index (χ3n) is 3.78. The van der Waals surface area contributed by atoms with E-state index in [9.17, 15) is 0 Å². The number of hydrogen-bond acceptors (Lipinski definition) is 2. The van der Waals surface area contributed by atoms with Crippen molar-refractivity contribution in [2.24, 2.45) is 0 Å². The molecule has 0 spiro atoms. The molecular weight excluding hydrogens is 260 g/mol. The Morgan fingerprint density at radius 3 is 2.67 bits per heavy atom. The number of fused-ring (bicyclic) bond motifs is 2. The number of ether oxygens (including phenoxy) is 1. The molecule has 1 aromatic heterocycles. The minimum atomic E-state index is -0.264. The molecule has 0 amide bonds. The molecule has 2 nitrogen and oxygen atoms in total. The highest BCUT2D eigenvalue weighted by Gasteiger charge is 2.24. The Balaban J connectivity index is 1.90. The van der Waals surface area contributed by atoms with E-state index < -0.39 is 0 Å². The van der Waals surface area contributed by atoms with Gasteiger partial charge in [0.25, 0.3) is 0 Å². The smallest absolute Gasteiger partial charge is 0.136 e. The molecule has 1 aliphatic rings. The van der Waals surface area contributed by atoms with Crippen LogP contribution < -0.4 is 4.74 Å². The van der Waals surface area contributed by atoms with Gasteiger partial charge in [0.15, 0.2) is 0 Å². The Hall–Kier alpha value is -2.48. The van der Waals surface area contributed by atoms with Crippen LogP contribution in [0.5, 0.6) is 5.75 Å². The molecule has 3 aromatic rings. The van der Waals surface area contributed by atoms with Gasteiger partial charge in [0.1, 0.15) is 22.7 Å². The maximum Gasteiger partial charge on any atom is 0.136 e. The fourth-order valence-electron chi connectivity index (χ4n) is 2.74. The predicted molar refractivity (Wildman–Crippen MR) is 85.4 cm³/mol. The molecule has 0 radical (unpaired) electrons. The molecule has 1 aliphatic heterocycles. The Kier molecular flexibility index (Phi) is 2.49. The molecule has 0 unspecified atom stereocenters. The summed E-state index contributed by atoms with van der Waals surface area (Å²) in [7, 11) is 0. The standard InChI is InChI=1S/C19H16O2/c1-19(2)11-10-15-14(7-5-9-17(15)21-19)18-12-13-6-3-4-8-16(13)20-18/h3-12H,1-2H3. The molecule has 21 heavy (non-hydrogen) atoms. The third-order valence-corrected chi connectivity index (χ3v) is 3.78. The van der Waals surface area contributed by atoms with E-state index in [1.54, 1.807) is 0 Å². The minimum Gasteiger partial charge on any atom is -0.483 e. The van der Waals surface area contributed by atoms with Crippen molar-refractivity contribution < 1.29 is 9.15 Å². The van der Waals surface area contributed by atoms with Crippen LogP contribution in [-0.2, 0) is 0 Å². The second-order valence-electron chi connectivity index (χ2n) is 5.90. The first-order chi connectivity index (χ1) is 10.1. The molecule has 104 valence electrons. The Morgan fingerprint density at radius 2 is 1.81 bits per heavy atom. The number of rotatable bonds is 1. The molecule has 0 aliphatic carbocycles. The van der Waals surface area contributed by atoms with Crippen molar-refractivity contribution in [2.75, 3.05) is 0 Å². The normalized spacial score (nSPS) is 15.7. The molecule has 0 saturated heterocycles. The van der Waals surface area contributed by atoms with Crippen LogP contribution in [0.1, 0.15) is 19.4 Å². The number of benzene rings is 2. The van der Waals surface area contributed by atoms with E-state index in [-0.39, 0.29) is 5.60 Å². The minimum absolute atomic E-state index is 0.264. The Bertz CT molecular complexity index is 820. The molecule has 2 aromatic carbocycles. The van der Waals surface area contributed by atoms with Gasteiger partial charge < -0.3 is 9.15 Å². The number of para-hydroxylation sites is 1. The molecule has 0 saturated carbocycles. The molecule has 0 bridgehead atoms. The molecule has 0 N–H and O–H groups in total. The van der Waals surface area contributed by atoms with Crippen molar-refractivity contribution in [1.82, 2.24) is 0 Å². The van der Waals surface area contributed by atoms with Crippen LogP contribution >= 0.6 is 0 Å². The van der Waals surface area contributed by atoms with Crippen LogP contribution in [0.15, 0.2) is 59.0 Å². The van der Waals surface area contributed by atoms with E-state index in [4.69, 9.17) is 9.15 Å². The van der Waals surface area contributed by atoms with Gasteiger partial charge in [-0.25, -0.2) is 0 Å². The highest BCUT2D eigenvalue weighted by molar-refractivity contribution is 5.86. The Morgan fingerprint density at radius 1 is 0.952 bits per heavy atom. The van der Waals surface area contributed by atoms with E-state index in [2.05, 4.69) is 44.2 Å². The van der Waals surface area contributed by atoms with Gasteiger partial charge in [0, 0.05) is 16.5 Å². The first-order valence-corrected chi connectivity index (χ1v) is 7.13. The summed E-state index contributed by atoms with van der Waals surface area (Å²) < 4.78 is 12.0. The van der Waals surface area contributed by atoms with Gasteiger partial charge in [-0.15, -0.1) is 0 Å². The highest BCUT2D eigenvalue weighted by Crippen LogP contribution is 2.39. The van der Waals surface area contributed by atoms with Crippen molar-refractivity contribution in [3.63, 3.8) is 0 Å². The second-order valence-corrected chi connectivity index (χ2v) is 5.90. The lowest BCUT2D eigenvalue weighted by Crippen LogP contribution is -2.27. The maximum absolute atomic E-state index is 6.03. The van der Waals surface area contributed by atoms with Crippen LogP contribution in [0.2, 0.25) is 0 Å². The van der Waals surface area contributed by atoms with E-state index in [1.807, 2.05) is 30.3 Å². The first-order valence-electron chi connectivity index (χ1n) is 7.13. The molecule has 2 heterocycles. The topological polar surface area (TPSA) is 22.4 Å². The van der Waals surface area contributed by atoms with Crippen LogP contribution in [0.25, 0.3) is 28.4 Å². The first kappa shape index (κ1) is 12.3. The van der Waals surface area contributed by atoms with Crippen molar-refractivity contribution in [2.45, 2.75) is 19.4 Å². The number of hydrogen-bond donors (Lipinski definition) is 0. The SMILES string of the molecule is CC1(C)C=Cc2c(cccc2-c2cc3ccccc3o2)O1.